The number of hydrogen-bond acceptors (Lipinski definition) is 14. The topological polar surface area (TPSA) is 218 Å². The lowest BCUT2D eigenvalue weighted by Crippen LogP contribution is -3.11. The molecule has 6 rings (SSSR count). The second-order valence-electron chi connectivity index (χ2n) is 17.2. The number of nitrogens with one attached hydrogen (secondary N) is 2. The molecule has 66 heavy (non-hydrogen) atoms. The van der Waals surface area contributed by atoms with E-state index in [-0.39, 0.29) is 30.4 Å². The van der Waals surface area contributed by atoms with E-state index in [1.165, 1.54) is 56.9 Å². The number of hydrogen-bond donors (Lipinski definition) is 2. The monoisotopic (exact) mass is 1030 g/mol. The molecule has 0 aliphatic carbocycles. The molecule has 1 aliphatic rings. The lowest BCUT2D eigenvalue weighted by Gasteiger charge is -2.46. The molecule has 2 atom stereocenters. The van der Waals surface area contributed by atoms with Gasteiger partial charge in [-0.15, -0.1) is 20.1 Å². The van der Waals surface area contributed by atoms with E-state index >= 15 is 0 Å². The highest BCUT2D eigenvalue weighted by Gasteiger charge is 2.47. The van der Waals surface area contributed by atoms with Crippen molar-refractivity contribution < 1.29 is 52.3 Å². The third kappa shape index (κ3) is 14.7. The zero-order valence-electron chi connectivity index (χ0n) is 40.3. The van der Waals surface area contributed by atoms with Gasteiger partial charge in [0.05, 0.1) is 81.3 Å². The molecule has 1 aliphatic heterocycles. The van der Waals surface area contributed by atoms with Crippen LogP contribution in [0.2, 0.25) is 25.7 Å². The summed E-state index contributed by atoms with van der Waals surface area (Å²) in [6, 6.07) is 9.05. The van der Waals surface area contributed by atoms with Crippen molar-refractivity contribution in [2.75, 3.05) is 59.1 Å². The Balaban J connectivity index is 0.000000590. The van der Waals surface area contributed by atoms with E-state index in [1.807, 2.05) is 0 Å². The van der Waals surface area contributed by atoms with Crippen LogP contribution in [-0.4, -0.2) is 123 Å². The van der Waals surface area contributed by atoms with Crippen molar-refractivity contribution in [2.24, 2.45) is 0 Å². The summed E-state index contributed by atoms with van der Waals surface area (Å²) in [5.41, 5.74) is 1.79. The number of ether oxygens (including phenoxy) is 4. The molecule has 0 amide bonds. The van der Waals surface area contributed by atoms with Crippen LogP contribution in [0.3, 0.4) is 0 Å². The number of halogens is 2. The highest BCUT2D eigenvalue weighted by molar-refractivity contribution is 9.10. The average molecular weight is 1030 g/mol. The lowest BCUT2D eigenvalue weighted by atomic mass is 10.1. The Bertz CT molecular complexity index is 2300. The zero-order chi connectivity index (χ0) is 48.7. The first-order valence-electron chi connectivity index (χ1n) is 23.1. The van der Waals surface area contributed by atoms with E-state index < -0.39 is 52.1 Å². The first kappa shape index (κ1) is 55.0. The van der Waals surface area contributed by atoms with E-state index in [1.54, 1.807) is 38.7 Å². The quantitative estimate of drug-likeness (QED) is 0.0466. The Morgan fingerprint density at radius 2 is 1.61 bits per heavy atom. The maximum atomic E-state index is 14.6. The molecule has 0 spiro atoms. The summed E-state index contributed by atoms with van der Waals surface area (Å²) in [6.45, 7) is 29.1. The number of tetrazole rings is 1. The van der Waals surface area contributed by atoms with Crippen molar-refractivity contribution in [3.63, 3.8) is 0 Å². The Morgan fingerprint density at radius 1 is 0.939 bits per heavy atom. The van der Waals surface area contributed by atoms with Gasteiger partial charge in [0.15, 0.2) is 29.9 Å². The van der Waals surface area contributed by atoms with Gasteiger partial charge in [-0.25, -0.2) is 18.5 Å². The maximum absolute atomic E-state index is 14.6. The van der Waals surface area contributed by atoms with E-state index in [0.29, 0.717) is 46.2 Å². The Morgan fingerprint density at radius 3 is 2.17 bits per heavy atom. The first-order chi connectivity index (χ1) is 31.4. The largest absolute Gasteiger partial charge is 0.808 e. The van der Waals surface area contributed by atoms with Gasteiger partial charge in [-0.2, -0.15) is 5.10 Å². The standard InChI is InChI=1S/C31H40BrFN9O8PSi.2C6H15N/c1-5-48-30(43)31(51(44,45)46,17-27-34-38-40(37-27)19-47-12-13-52(2,3)4)50-18-24-22-10-9-21(16-25(22)42(36-24)28-8-6-7-11-49-28)41-26-15-20(32)14-23(33)29(26)35-39-41;2*1-4-7(5-2)6-3/h9-10,14-16,28H,5-8,11-13,17-19H2,1-4H3,(H2,44,45,46);2*4-6H2,1-3H3. The van der Waals surface area contributed by atoms with Crippen molar-refractivity contribution in [3.8, 4) is 5.69 Å². The number of nitrogens with zero attached hydrogens (tertiary/aromatic N) is 9. The normalized spacial score (nSPS) is 15.4. The average Bonchev–Trinajstić information content (AvgIpc) is 4.02. The van der Waals surface area contributed by atoms with Crippen LogP contribution in [0.1, 0.15) is 85.5 Å². The predicted octanol–water partition coefficient (Wildman–Crippen LogP) is 3.46. The molecule has 1 saturated heterocycles. The van der Waals surface area contributed by atoms with Crippen LogP contribution in [0, 0.1) is 5.82 Å². The molecule has 2 aromatic carbocycles. The molecule has 0 radical (unpaired) electrons. The third-order valence-corrected chi connectivity index (χ3v) is 15.0. The molecular formula is C43H70BrFN11O8PSi. The summed E-state index contributed by atoms with van der Waals surface area (Å²) in [5.74, 6) is -2.20. The fraction of sp³-hybridized carbons (Fsp3) is 0.651. The molecule has 1 fully saturated rings. The van der Waals surface area contributed by atoms with E-state index in [9.17, 15) is 23.5 Å². The molecule has 0 bridgehead atoms. The summed E-state index contributed by atoms with van der Waals surface area (Å²) in [5, 5.41) is 22.3. The summed E-state index contributed by atoms with van der Waals surface area (Å²) in [6.07, 6.45) is 1.03. The van der Waals surface area contributed by atoms with Gasteiger partial charge < -0.3 is 43.1 Å². The van der Waals surface area contributed by atoms with Gasteiger partial charge in [0.25, 0.3) is 0 Å². The van der Waals surface area contributed by atoms with Gasteiger partial charge in [-0.3, -0.25) is 0 Å². The molecule has 0 saturated carbocycles. The minimum Gasteiger partial charge on any atom is -0.808 e. The molecule has 23 heteroatoms. The van der Waals surface area contributed by atoms with E-state index in [0.717, 1.165) is 23.7 Å². The summed E-state index contributed by atoms with van der Waals surface area (Å²) in [7, 11) is -7.28. The van der Waals surface area contributed by atoms with Crippen molar-refractivity contribution in [2.45, 2.75) is 125 Å². The van der Waals surface area contributed by atoms with Gasteiger partial charge >= 0.3 is 5.97 Å². The molecule has 3 aromatic heterocycles. The molecule has 4 heterocycles. The number of benzene rings is 2. The van der Waals surface area contributed by atoms with Crippen LogP contribution in [0.4, 0.5) is 4.39 Å². The molecule has 2 N–H and O–H groups in total. The molecular weight excluding hydrogens is 957 g/mol. The first-order valence-corrected chi connectivity index (χ1v) is 29.1. The van der Waals surface area contributed by atoms with Crippen LogP contribution in [0.25, 0.3) is 27.6 Å². The van der Waals surface area contributed by atoms with Crippen LogP contribution in [0.15, 0.2) is 34.8 Å². The number of aromatic nitrogens is 9. The number of fused-ring (bicyclic) bond motifs is 2. The third-order valence-electron chi connectivity index (χ3n) is 11.5. The second kappa shape index (κ2) is 25.7. The van der Waals surface area contributed by atoms with Gasteiger partial charge in [0.1, 0.15) is 5.52 Å². The van der Waals surface area contributed by atoms with Gasteiger partial charge in [-0.05, 0) is 117 Å². The molecule has 2 unspecified atom stereocenters. The number of quaternary nitrogens is 2. The summed E-state index contributed by atoms with van der Waals surface area (Å²) in [4.78, 5) is 43.8. The number of carbonyl (C=O) groups is 1. The summed E-state index contributed by atoms with van der Waals surface area (Å²) < 4.78 is 53.9. The maximum Gasteiger partial charge on any atom is 0.344 e. The lowest BCUT2D eigenvalue weighted by molar-refractivity contribution is -0.894. The molecule has 5 aromatic rings. The van der Waals surface area contributed by atoms with Crippen molar-refractivity contribution in [3.05, 3.63) is 52.1 Å². The van der Waals surface area contributed by atoms with Gasteiger partial charge in [0, 0.05) is 31.1 Å². The van der Waals surface area contributed by atoms with Crippen molar-refractivity contribution in [1.29, 1.82) is 0 Å². The number of carbonyl (C=O) groups excluding carboxylic acids is 1. The van der Waals surface area contributed by atoms with Crippen molar-refractivity contribution in [1.82, 2.24) is 45.0 Å². The summed E-state index contributed by atoms with van der Waals surface area (Å²) >= 11 is 3.32. The Kier molecular flexibility index (Phi) is 21.4. The van der Waals surface area contributed by atoms with Crippen molar-refractivity contribution >= 4 is 59.5 Å². The number of rotatable bonds is 21. The van der Waals surface area contributed by atoms with E-state index in [2.05, 4.69) is 103 Å². The number of esters is 1. The van der Waals surface area contributed by atoms with Gasteiger partial charge in [0.2, 0.25) is 0 Å². The van der Waals surface area contributed by atoms with E-state index in [4.69, 9.17) is 24.0 Å². The smallest absolute Gasteiger partial charge is 0.344 e. The van der Waals surface area contributed by atoms with Gasteiger partial charge in [-0.1, -0.05) is 40.8 Å². The minimum absolute atomic E-state index is 0.0671. The Hall–Kier alpha value is -3.57. The second-order valence-corrected chi connectivity index (χ2v) is 25.4. The minimum atomic E-state index is -5.94. The highest BCUT2D eigenvalue weighted by Crippen LogP contribution is 2.47. The van der Waals surface area contributed by atoms with Crippen LogP contribution in [-0.2, 0) is 48.1 Å². The van der Waals surface area contributed by atoms with Crippen LogP contribution in [0.5, 0.6) is 0 Å². The van der Waals surface area contributed by atoms with Crippen LogP contribution < -0.4 is 19.6 Å². The highest BCUT2D eigenvalue weighted by atomic mass is 79.9. The zero-order valence-corrected chi connectivity index (χ0v) is 43.8. The SMILES string of the molecule is CCOC(=O)C(Cc1nnn(COCC[Si](C)(C)C)n1)(OCc1nn(C2CCCCO2)c2cc(-n3nnc4c(F)cc(Br)cc43)ccc12)P(=O)([O-])[O-].CC[NH+](CC)CC.CC[NH+](CC)CC. The predicted molar refractivity (Wildman–Crippen MR) is 251 cm³/mol. The Labute approximate surface area is 396 Å². The molecule has 368 valence electrons. The molecule has 19 nitrogen and oxygen atoms in total. The van der Waals surface area contributed by atoms with Crippen LogP contribution >= 0.6 is 23.5 Å². The fourth-order valence-corrected chi connectivity index (χ4v) is 9.27. The fourth-order valence-electron chi connectivity index (χ4n) is 7.25.